The summed E-state index contributed by atoms with van der Waals surface area (Å²) >= 11 is 0. The highest BCUT2D eigenvalue weighted by atomic mass is 15.2. The van der Waals surface area contributed by atoms with Gasteiger partial charge < -0.3 is 10.2 Å². The number of rotatable bonds is 2. The first-order valence-corrected chi connectivity index (χ1v) is 7.98. The first-order chi connectivity index (χ1) is 9.88. The Morgan fingerprint density at radius 2 is 2.00 bits per heavy atom. The average Bonchev–Trinajstić information content (AvgIpc) is 3.01. The van der Waals surface area contributed by atoms with E-state index >= 15 is 0 Å². The van der Waals surface area contributed by atoms with E-state index in [0.29, 0.717) is 0 Å². The summed E-state index contributed by atoms with van der Waals surface area (Å²) in [5.41, 5.74) is 1.30. The molecule has 3 fully saturated rings. The summed E-state index contributed by atoms with van der Waals surface area (Å²) in [5.74, 6) is 1.67. The van der Waals surface area contributed by atoms with Crippen LogP contribution in [0.25, 0.3) is 0 Å². The fourth-order valence-corrected chi connectivity index (χ4v) is 4.32. The SMILES string of the molecule is c1cncc(N2C[C@H]3C[C@@H](C2)CN(C2CCNC2)C3)c1. The normalized spacial score (nSPS) is 34.4. The van der Waals surface area contributed by atoms with Gasteiger partial charge >= 0.3 is 0 Å². The van der Waals surface area contributed by atoms with E-state index in [2.05, 4.69) is 32.2 Å². The second-order valence-electron chi connectivity index (χ2n) is 6.68. The number of anilines is 1. The Bertz CT molecular complexity index is 429. The van der Waals surface area contributed by atoms with Crippen LogP contribution in [0, 0.1) is 11.8 Å². The molecule has 2 bridgehead atoms. The van der Waals surface area contributed by atoms with Gasteiger partial charge in [-0.3, -0.25) is 9.88 Å². The molecule has 108 valence electrons. The minimum atomic E-state index is 0.797. The van der Waals surface area contributed by atoms with Crippen molar-refractivity contribution in [3.05, 3.63) is 24.5 Å². The van der Waals surface area contributed by atoms with Gasteiger partial charge in [-0.1, -0.05) is 0 Å². The van der Waals surface area contributed by atoms with E-state index in [1.807, 2.05) is 12.4 Å². The fraction of sp³-hybridized carbons (Fsp3) is 0.688. The maximum Gasteiger partial charge on any atom is 0.0552 e. The number of hydrogen-bond acceptors (Lipinski definition) is 4. The minimum Gasteiger partial charge on any atom is -0.370 e. The van der Waals surface area contributed by atoms with Crippen molar-refractivity contribution < 1.29 is 0 Å². The van der Waals surface area contributed by atoms with Crippen LogP contribution in [-0.2, 0) is 0 Å². The lowest BCUT2D eigenvalue weighted by atomic mass is 9.83. The number of likely N-dealkylation sites (tertiary alicyclic amines) is 1. The highest BCUT2D eigenvalue weighted by molar-refractivity contribution is 5.44. The van der Waals surface area contributed by atoms with Crippen LogP contribution in [0.5, 0.6) is 0 Å². The molecule has 3 atom stereocenters. The van der Waals surface area contributed by atoms with Crippen molar-refractivity contribution in [3.63, 3.8) is 0 Å². The first-order valence-electron chi connectivity index (χ1n) is 7.98. The molecule has 0 aromatic carbocycles. The smallest absolute Gasteiger partial charge is 0.0552 e. The zero-order valence-corrected chi connectivity index (χ0v) is 12.0. The predicted octanol–water partition coefficient (Wildman–Crippen LogP) is 1.20. The zero-order chi connectivity index (χ0) is 13.4. The monoisotopic (exact) mass is 272 g/mol. The number of pyridine rings is 1. The number of aromatic nitrogens is 1. The van der Waals surface area contributed by atoms with Crippen LogP contribution in [0.15, 0.2) is 24.5 Å². The van der Waals surface area contributed by atoms with E-state index in [4.69, 9.17) is 0 Å². The van der Waals surface area contributed by atoms with Crippen molar-refractivity contribution in [3.8, 4) is 0 Å². The summed E-state index contributed by atoms with van der Waals surface area (Å²) in [6.07, 6.45) is 6.64. The third kappa shape index (κ3) is 2.42. The highest BCUT2D eigenvalue weighted by Gasteiger charge is 2.37. The van der Waals surface area contributed by atoms with Gasteiger partial charge in [0.1, 0.15) is 0 Å². The van der Waals surface area contributed by atoms with Crippen LogP contribution in [0.2, 0.25) is 0 Å². The van der Waals surface area contributed by atoms with E-state index in [-0.39, 0.29) is 0 Å². The van der Waals surface area contributed by atoms with Crippen molar-refractivity contribution in [2.24, 2.45) is 11.8 Å². The molecule has 3 saturated heterocycles. The summed E-state index contributed by atoms with van der Waals surface area (Å²) in [4.78, 5) is 9.59. The molecule has 1 unspecified atom stereocenters. The van der Waals surface area contributed by atoms with Crippen LogP contribution >= 0.6 is 0 Å². The van der Waals surface area contributed by atoms with E-state index in [0.717, 1.165) is 17.9 Å². The molecule has 0 radical (unpaired) electrons. The van der Waals surface area contributed by atoms with Gasteiger partial charge in [0.25, 0.3) is 0 Å². The summed E-state index contributed by atoms with van der Waals surface area (Å²) in [5, 5.41) is 3.51. The van der Waals surface area contributed by atoms with E-state index in [1.165, 1.54) is 57.8 Å². The Balaban J connectivity index is 1.44. The second-order valence-corrected chi connectivity index (χ2v) is 6.68. The summed E-state index contributed by atoms with van der Waals surface area (Å²) in [6, 6.07) is 5.05. The van der Waals surface area contributed by atoms with Crippen molar-refractivity contribution in [1.82, 2.24) is 15.2 Å². The van der Waals surface area contributed by atoms with E-state index < -0.39 is 0 Å². The average molecular weight is 272 g/mol. The molecule has 4 nitrogen and oxygen atoms in total. The van der Waals surface area contributed by atoms with Crippen LogP contribution in [0.1, 0.15) is 12.8 Å². The maximum atomic E-state index is 4.27. The van der Waals surface area contributed by atoms with Gasteiger partial charge in [-0.05, 0) is 43.4 Å². The van der Waals surface area contributed by atoms with Crippen molar-refractivity contribution in [1.29, 1.82) is 0 Å². The molecule has 1 aromatic heterocycles. The van der Waals surface area contributed by atoms with E-state index in [9.17, 15) is 0 Å². The van der Waals surface area contributed by atoms with Gasteiger partial charge in [0.15, 0.2) is 0 Å². The molecular formula is C16H24N4. The second kappa shape index (κ2) is 5.34. The van der Waals surface area contributed by atoms with E-state index in [1.54, 1.807) is 0 Å². The molecule has 0 aliphatic carbocycles. The number of fused-ring (bicyclic) bond motifs is 2. The Morgan fingerprint density at radius 3 is 2.65 bits per heavy atom. The third-order valence-electron chi connectivity index (χ3n) is 5.17. The van der Waals surface area contributed by atoms with Crippen molar-refractivity contribution in [2.45, 2.75) is 18.9 Å². The molecular weight excluding hydrogens is 248 g/mol. The Morgan fingerprint density at radius 1 is 1.15 bits per heavy atom. The Kier molecular flexibility index (Phi) is 3.36. The Labute approximate surface area is 121 Å². The van der Waals surface area contributed by atoms with Crippen LogP contribution in [-0.4, -0.2) is 55.2 Å². The molecule has 1 N–H and O–H groups in total. The standard InChI is InChI=1S/C16H24N4/c1-2-15(7-17-4-1)19-9-13-6-14(10-19)12-20(11-13)16-3-5-18-8-16/h1-2,4,7,13-14,16,18H,3,5-6,8-12H2/t13-,14+,16?. The van der Waals surface area contributed by atoms with Gasteiger partial charge in [0, 0.05) is 45.0 Å². The lowest BCUT2D eigenvalue weighted by Crippen LogP contribution is -2.55. The van der Waals surface area contributed by atoms with Gasteiger partial charge in [-0.15, -0.1) is 0 Å². The number of hydrogen-bond donors (Lipinski definition) is 1. The molecule has 0 spiro atoms. The quantitative estimate of drug-likeness (QED) is 0.877. The largest absolute Gasteiger partial charge is 0.370 e. The van der Waals surface area contributed by atoms with Crippen molar-refractivity contribution in [2.75, 3.05) is 44.2 Å². The van der Waals surface area contributed by atoms with Crippen LogP contribution < -0.4 is 10.2 Å². The molecule has 0 saturated carbocycles. The van der Waals surface area contributed by atoms with Gasteiger partial charge in [-0.2, -0.15) is 0 Å². The number of piperidine rings is 2. The predicted molar refractivity (Wildman–Crippen MR) is 80.9 cm³/mol. The number of nitrogens with one attached hydrogen (secondary N) is 1. The molecule has 4 rings (SSSR count). The minimum absolute atomic E-state index is 0.797. The third-order valence-corrected chi connectivity index (χ3v) is 5.17. The van der Waals surface area contributed by atoms with Gasteiger partial charge in [-0.25, -0.2) is 0 Å². The highest BCUT2D eigenvalue weighted by Crippen LogP contribution is 2.32. The molecule has 0 amide bonds. The zero-order valence-electron chi connectivity index (χ0n) is 12.0. The summed E-state index contributed by atoms with van der Waals surface area (Å²) < 4.78 is 0. The van der Waals surface area contributed by atoms with Crippen LogP contribution in [0.3, 0.4) is 0 Å². The molecule has 4 heteroatoms. The molecule has 20 heavy (non-hydrogen) atoms. The molecule has 3 aliphatic heterocycles. The lowest BCUT2D eigenvalue weighted by Gasteiger charge is -2.48. The van der Waals surface area contributed by atoms with Crippen LogP contribution in [0.4, 0.5) is 5.69 Å². The molecule has 1 aromatic rings. The molecule has 4 heterocycles. The Hall–Kier alpha value is -1.13. The number of nitrogens with zero attached hydrogens (tertiary/aromatic N) is 3. The first kappa shape index (κ1) is 12.6. The van der Waals surface area contributed by atoms with Gasteiger partial charge in [0.2, 0.25) is 0 Å². The summed E-state index contributed by atoms with van der Waals surface area (Å²) in [7, 11) is 0. The fourth-order valence-electron chi connectivity index (χ4n) is 4.32. The topological polar surface area (TPSA) is 31.4 Å². The van der Waals surface area contributed by atoms with Crippen molar-refractivity contribution >= 4 is 5.69 Å². The lowest BCUT2D eigenvalue weighted by molar-refractivity contribution is 0.0778. The maximum absolute atomic E-state index is 4.27. The molecule has 3 aliphatic rings. The van der Waals surface area contributed by atoms with Gasteiger partial charge in [0.05, 0.1) is 11.9 Å². The summed E-state index contributed by atoms with van der Waals surface area (Å²) in [6.45, 7) is 7.40.